The largest absolute Gasteiger partial charge is 0.333 e. The monoisotopic (exact) mass is 203 g/mol. The molecule has 1 aromatic heterocycles. The highest BCUT2D eigenvalue weighted by Gasteiger charge is 2.19. The third kappa shape index (κ3) is 1.56. The zero-order valence-electron chi connectivity index (χ0n) is 8.95. The summed E-state index contributed by atoms with van der Waals surface area (Å²) in [5.41, 5.74) is 1.34. The molecule has 2 heterocycles. The van der Waals surface area contributed by atoms with E-state index in [0.717, 1.165) is 6.54 Å². The van der Waals surface area contributed by atoms with E-state index in [-0.39, 0.29) is 0 Å². The second-order valence-corrected chi connectivity index (χ2v) is 4.50. The summed E-state index contributed by atoms with van der Waals surface area (Å²) < 4.78 is 2.42. The maximum atomic E-state index is 4.23. The second-order valence-electron chi connectivity index (χ2n) is 4.50. The fourth-order valence-electron chi connectivity index (χ4n) is 2.70. The molecule has 0 amide bonds. The number of nitrogens with one attached hydrogen (secondary N) is 1. The molecule has 1 aliphatic heterocycles. The molecular weight excluding hydrogens is 186 g/mol. The van der Waals surface area contributed by atoms with Gasteiger partial charge in [-0.05, 0) is 18.9 Å². The molecule has 3 heteroatoms. The van der Waals surface area contributed by atoms with Gasteiger partial charge in [-0.25, -0.2) is 0 Å². The molecule has 0 radical (unpaired) electrons. The van der Waals surface area contributed by atoms with Crippen LogP contribution < -0.4 is 5.32 Å². The molecule has 0 bridgehead atoms. The molecular formula is C12H17N3. The van der Waals surface area contributed by atoms with Crippen molar-refractivity contribution >= 4 is 12.2 Å². The molecule has 80 valence electrons. The second kappa shape index (κ2) is 3.72. The fraction of sp³-hybridized carbons (Fsp3) is 0.583. The Balaban J connectivity index is 1.88. The molecule has 0 aromatic carbocycles. The van der Waals surface area contributed by atoms with Crippen LogP contribution in [0.2, 0.25) is 0 Å². The van der Waals surface area contributed by atoms with Crippen LogP contribution in [0.5, 0.6) is 0 Å². The summed E-state index contributed by atoms with van der Waals surface area (Å²) in [7, 11) is 0. The highest BCUT2D eigenvalue weighted by atomic mass is 15.2. The summed E-state index contributed by atoms with van der Waals surface area (Å²) in [6.07, 6.45) is 10.9. The van der Waals surface area contributed by atoms with Gasteiger partial charge in [-0.3, -0.25) is 4.99 Å². The van der Waals surface area contributed by atoms with Gasteiger partial charge in [0.15, 0.2) is 0 Å². The zero-order chi connectivity index (χ0) is 10.1. The minimum absolute atomic E-state index is 0.710. The highest BCUT2D eigenvalue weighted by molar-refractivity contribution is 5.78. The number of fused-ring (bicyclic) bond motifs is 1. The average molecular weight is 203 g/mol. The Bertz CT molecular complexity index is 372. The van der Waals surface area contributed by atoms with Gasteiger partial charge in [0.05, 0.1) is 12.9 Å². The van der Waals surface area contributed by atoms with Crippen molar-refractivity contribution in [2.24, 2.45) is 4.99 Å². The highest BCUT2D eigenvalue weighted by Crippen LogP contribution is 2.33. The first-order valence-corrected chi connectivity index (χ1v) is 5.90. The van der Waals surface area contributed by atoms with E-state index in [9.17, 15) is 0 Å². The molecule has 3 rings (SSSR count). The summed E-state index contributed by atoms with van der Waals surface area (Å²) in [4.78, 5) is 4.23. The van der Waals surface area contributed by atoms with Crippen molar-refractivity contribution < 1.29 is 0 Å². The molecule has 3 nitrogen and oxygen atoms in total. The van der Waals surface area contributed by atoms with Gasteiger partial charge in [-0.15, -0.1) is 0 Å². The smallest absolute Gasteiger partial charge is 0.116 e. The van der Waals surface area contributed by atoms with Crippen LogP contribution in [0.25, 0.3) is 0 Å². The summed E-state index contributed by atoms with van der Waals surface area (Å²) in [5.74, 6) is 1.27. The van der Waals surface area contributed by atoms with Crippen LogP contribution in [-0.4, -0.2) is 10.9 Å². The average Bonchev–Trinajstić information content (AvgIpc) is 2.74. The van der Waals surface area contributed by atoms with Crippen molar-refractivity contribution in [1.82, 2.24) is 4.57 Å². The quantitative estimate of drug-likeness (QED) is 0.747. The summed E-state index contributed by atoms with van der Waals surface area (Å²) in [6.45, 7) is 0.835. The Labute approximate surface area is 90.2 Å². The summed E-state index contributed by atoms with van der Waals surface area (Å²) in [5, 5.41) is 3.28. The van der Waals surface area contributed by atoms with Crippen molar-refractivity contribution in [3.05, 3.63) is 17.8 Å². The Hall–Kier alpha value is -1.25. The van der Waals surface area contributed by atoms with Gasteiger partial charge in [0.1, 0.15) is 5.82 Å². The number of aromatic nitrogens is 1. The van der Waals surface area contributed by atoms with E-state index in [0.29, 0.717) is 6.04 Å². The van der Waals surface area contributed by atoms with Crippen LogP contribution in [0, 0.1) is 0 Å². The predicted molar refractivity (Wildman–Crippen MR) is 62.4 cm³/mol. The normalized spacial score (nSPS) is 21.1. The Morgan fingerprint density at radius 2 is 2.13 bits per heavy atom. The van der Waals surface area contributed by atoms with Gasteiger partial charge in [0.25, 0.3) is 0 Å². The van der Waals surface area contributed by atoms with E-state index >= 15 is 0 Å². The number of nitrogens with zero attached hydrogens (tertiary/aromatic N) is 2. The topological polar surface area (TPSA) is 29.3 Å². The molecule has 0 unspecified atom stereocenters. The third-order valence-electron chi connectivity index (χ3n) is 3.52. The summed E-state index contributed by atoms with van der Waals surface area (Å²) in [6, 6.07) is 2.91. The van der Waals surface area contributed by atoms with E-state index in [4.69, 9.17) is 0 Å². The van der Waals surface area contributed by atoms with E-state index in [2.05, 4.69) is 27.1 Å². The van der Waals surface area contributed by atoms with Gasteiger partial charge >= 0.3 is 0 Å². The molecule has 1 aliphatic carbocycles. The van der Waals surface area contributed by atoms with Crippen LogP contribution in [-0.2, 0) is 6.54 Å². The SMILES string of the molecule is C1=NCc2ccn(C3CCCCC3)c2N1. The molecule has 1 saturated carbocycles. The zero-order valence-corrected chi connectivity index (χ0v) is 8.95. The Morgan fingerprint density at radius 3 is 3.00 bits per heavy atom. The maximum absolute atomic E-state index is 4.23. The van der Waals surface area contributed by atoms with E-state index in [1.54, 1.807) is 0 Å². The Morgan fingerprint density at radius 1 is 1.27 bits per heavy atom. The van der Waals surface area contributed by atoms with Crippen molar-refractivity contribution in [3.8, 4) is 0 Å². The first-order valence-electron chi connectivity index (χ1n) is 5.90. The van der Waals surface area contributed by atoms with Crippen LogP contribution in [0.15, 0.2) is 17.3 Å². The lowest BCUT2D eigenvalue weighted by Gasteiger charge is -2.26. The lowest BCUT2D eigenvalue weighted by Crippen LogP contribution is -2.16. The number of hydrogen-bond donors (Lipinski definition) is 1. The molecule has 15 heavy (non-hydrogen) atoms. The lowest BCUT2D eigenvalue weighted by atomic mass is 9.95. The number of anilines is 1. The molecule has 0 spiro atoms. The number of rotatable bonds is 1. The van der Waals surface area contributed by atoms with Crippen molar-refractivity contribution in [1.29, 1.82) is 0 Å². The molecule has 1 aromatic rings. The third-order valence-corrected chi connectivity index (χ3v) is 3.52. The number of aliphatic imine (C=N–C) groups is 1. The van der Waals surface area contributed by atoms with Gasteiger partial charge in [-0.2, -0.15) is 0 Å². The molecule has 2 aliphatic rings. The predicted octanol–water partition coefficient (Wildman–Crippen LogP) is 2.95. The van der Waals surface area contributed by atoms with Crippen molar-refractivity contribution in [2.75, 3.05) is 5.32 Å². The van der Waals surface area contributed by atoms with Crippen LogP contribution in [0.4, 0.5) is 5.82 Å². The van der Waals surface area contributed by atoms with E-state index < -0.39 is 0 Å². The van der Waals surface area contributed by atoms with Gasteiger partial charge in [0.2, 0.25) is 0 Å². The first kappa shape index (κ1) is 9.01. The van der Waals surface area contributed by atoms with E-state index in [1.807, 2.05) is 6.34 Å². The standard InChI is InChI=1S/C12H17N3/c1-2-4-11(5-3-1)15-7-6-10-8-13-9-14-12(10)15/h6-7,9,11H,1-5,8H2,(H,13,14). The van der Waals surface area contributed by atoms with Crippen LogP contribution in [0.1, 0.15) is 43.7 Å². The fourth-order valence-corrected chi connectivity index (χ4v) is 2.70. The van der Waals surface area contributed by atoms with Crippen LogP contribution in [0.3, 0.4) is 0 Å². The maximum Gasteiger partial charge on any atom is 0.116 e. The van der Waals surface area contributed by atoms with Gasteiger partial charge in [0, 0.05) is 17.8 Å². The van der Waals surface area contributed by atoms with Crippen LogP contribution >= 0.6 is 0 Å². The molecule has 1 N–H and O–H groups in total. The molecule has 1 fully saturated rings. The minimum Gasteiger partial charge on any atom is -0.333 e. The molecule has 0 saturated heterocycles. The van der Waals surface area contributed by atoms with Gasteiger partial charge < -0.3 is 9.88 Å². The van der Waals surface area contributed by atoms with Gasteiger partial charge in [-0.1, -0.05) is 19.3 Å². The first-order chi connectivity index (χ1) is 7.45. The molecule has 0 atom stereocenters. The minimum atomic E-state index is 0.710. The van der Waals surface area contributed by atoms with Crippen molar-refractivity contribution in [3.63, 3.8) is 0 Å². The summed E-state index contributed by atoms with van der Waals surface area (Å²) >= 11 is 0. The number of hydrogen-bond acceptors (Lipinski definition) is 2. The van der Waals surface area contributed by atoms with E-state index in [1.165, 1.54) is 43.5 Å². The Kier molecular flexibility index (Phi) is 2.24. The van der Waals surface area contributed by atoms with Crippen molar-refractivity contribution in [2.45, 2.75) is 44.7 Å². The lowest BCUT2D eigenvalue weighted by molar-refractivity contribution is 0.357.